The van der Waals surface area contributed by atoms with Crippen LogP contribution in [0.15, 0.2) is 36.8 Å². The molecule has 15 heavy (non-hydrogen) atoms. The summed E-state index contributed by atoms with van der Waals surface area (Å²) < 4.78 is 15.2. The van der Waals surface area contributed by atoms with Gasteiger partial charge in [0.1, 0.15) is 5.82 Å². The number of halogens is 1. The van der Waals surface area contributed by atoms with Crippen molar-refractivity contribution >= 4 is 0 Å². The zero-order valence-corrected chi connectivity index (χ0v) is 8.39. The molecule has 1 aromatic heterocycles. The molecule has 1 heterocycles. The highest BCUT2D eigenvalue weighted by Crippen LogP contribution is 2.18. The van der Waals surface area contributed by atoms with Gasteiger partial charge in [0.15, 0.2) is 0 Å². The second-order valence-electron chi connectivity index (χ2n) is 3.43. The quantitative estimate of drug-likeness (QED) is 0.815. The summed E-state index contributed by atoms with van der Waals surface area (Å²) in [5.41, 5.74) is 7.03. The topological polar surface area (TPSA) is 43.8 Å². The van der Waals surface area contributed by atoms with E-state index in [-0.39, 0.29) is 11.9 Å². The van der Waals surface area contributed by atoms with Crippen LogP contribution in [0.4, 0.5) is 4.39 Å². The van der Waals surface area contributed by atoms with E-state index in [1.54, 1.807) is 35.3 Å². The van der Waals surface area contributed by atoms with Crippen molar-refractivity contribution in [2.45, 2.75) is 13.0 Å². The fourth-order valence-corrected chi connectivity index (χ4v) is 1.49. The van der Waals surface area contributed by atoms with Gasteiger partial charge in [0, 0.05) is 6.04 Å². The predicted octanol–water partition coefficient (Wildman–Crippen LogP) is 2.03. The molecular formula is C11H12FN3. The second kappa shape index (κ2) is 3.82. The smallest absolute Gasteiger partial charge is 0.147 e. The molecule has 0 radical (unpaired) electrons. The van der Waals surface area contributed by atoms with Gasteiger partial charge in [-0.15, -0.1) is 0 Å². The maximum atomic E-state index is 13.5. The predicted molar refractivity (Wildman–Crippen MR) is 56.1 cm³/mol. The average molecular weight is 205 g/mol. The molecule has 0 spiro atoms. The monoisotopic (exact) mass is 205 g/mol. The molecule has 0 unspecified atom stereocenters. The average Bonchev–Trinajstić information content (AvgIpc) is 2.67. The van der Waals surface area contributed by atoms with Gasteiger partial charge >= 0.3 is 0 Å². The maximum Gasteiger partial charge on any atom is 0.147 e. The fraction of sp³-hybridized carbons (Fsp3) is 0.182. The number of hydrogen-bond acceptors (Lipinski definition) is 2. The highest BCUT2D eigenvalue weighted by atomic mass is 19.1. The van der Waals surface area contributed by atoms with Gasteiger partial charge in [-0.3, -0.25) is 4.57 Å². The first kappa shape index (κ1) is 9.86. The van der Waals surface area contributed by atoms with Gasteiger partial charge in [-0.2, -0.15) is 0 Å². The van der Waals surface area contributed by atoms with Crippen molar-refractivity contribution in [2.75, 3.05) is 0 Å². The van der Waals surface area contributed by atoms with E-state index in [0.717, 1.165) is 5.69 Å². The van der Waals surface area contributed by atoms with Crippen molar-refractivity contribution in [3.8, 4) is 5.69 Å². The number of hydrogen-bond donors (Lipinski definition) is 1. The Balaban J connectivity index is 2.55. The van der Waals surface area contributed by atoms with Crippen LogP contribution >= 0.6 is 0 Å². The van der Waals surface area contributed by atoms with Crippen LogP contribution < -0.4 is 5.73 Å². The van der Waals surface area contributed by atoms with E-state index in [9.17, 15) is 4.39 Å². The maximum absolute atomic E-state index is 13.5. The van der Waals surface area contributed by atoms with Crippen molar-refractivity contribution < 1.29 is 4.39 Å². The number of nitrogens with zero attached hydrogens (tertiary/aromatic N) is 2. The standard InChI is InChI=1S/C11H12FN3/c1-8(13)11-6-14-7-15(11)10-5-3-2-4-9(10)12/h2-8H,13H2,1H3/t8-/m0/s1. The Hall–Kier alpha value is -1.68. The molecule has 0 aliphatic carbocycles. The third kappa shape index (κ3) is 1.76. The van der Waals surface area contributed by atoms with Crippen LogP contribution in [0.5, 0.6) is 0 Å². The van der Waals surface area contributed by atoms with E-state index in [2.05, 4.69) is 4.98 Å². The Morgan fingerprint density at radius 1 is 1.40 bits per heavy atom. The van der Waals surface area contributed by atoms with Crippen molar-refractivity contribution in [3.05, 3.63) is 48.3 Å². The lowest BCUT2D eigenvalue weighted by Gasteiger charge is -2.11. The van der Waals surface area contributed by atoms with Gasteiger partial charge < -0.3 is 5.73 Å². The molecular weight excluding hydrogens is 193 g/mol. The molecule has 2 rings (SSSR count). The van der Waals surface area contributed by atoms with Crippen molar-refractivity contribution in [1.82, 2.24) is 9.55 Å². The Bertz CT molecular complexity index is 462. The summed E-state index contributed by atoms with van der Waals surface area (Å²) in [6.07, 6.45) is 3.22. The van der Waals surface area contributed by atoms with E-state index >= 15 is 0 Å². The Morgan fingerprint density at radius 3 is 2.80 bits per heavy atom. The number of aromatic nitrogens is 2. The number of rotatable bonds is 2. The Kier molecular flexibility index (Phi) is 2.51. The third-order valence-corrected chi connectivity index (χ3v) is 2.25. The molecule has 1 atom stereocenters. The van der Waals surface area contributed by atoms with E-state index in [0.29, 0.717) is 5.69 Å². The van der Waals surface area contributed by atoms with Crippen LogP contribution in [0.2, 0.25) is 0 Å². The second-order valence-corrected chi connectivity index (χ2v) is 3.43. The molecule has 3 nitrogen and oxygen atoms in total. The molecule has 0 saturated carbocycles. The van der Waals surface area contributed by atoms with Crippen LogP contribution in [0.1, 0.15) is 18.7 Å². The Morgan fingerprint density at radius 2 is 2.13 bits per heavy atom. The van der Waals surface area contributed by atoms with Gasteiger partial charge in [-0.25, -0.2) is 9.37 Å². The molecule has 0 aliphatic rings. The zero-order chi connectivity index (χ0) is 10.8. The van der Waals surface area contributed by atoms with Gasteiger partial charge in [0.25, 0.3) is 0 Å². The first-order valence-corrected chi connectivity index (χ1v) is 4.73. The van der Waals surface area contributed by atoms with Crippen molar-refractivity contribution in [2.24, 2.45) is 5.73 Å². The van der Waals surface area contributed by atoms with Crippen LogP contribution in [0.25, 0.3) is 5.69 Å². The first-order chi connectivity index (χ1) is 7.20. The third-order valence-electron chi connectivity index (χ3n) is 2.25. The molecule has 4 heteroatoms. The molecule has 0 bridgehead atoms. The number of para-hydroxylation sites is 1. The summed E-state index contributed by atoms with van der Waals surface area (Å²) in [6.45, 7) is 1.84. The fourth-order valence-electron chi connectivity index (χ4n) is 1.49. The van der Waals surface area contributed by atoms with Crippen LogP contribution in [-0.2, 0) is 0 Å². The van der Waals surface area contributed by atoms with Crippen LogP contribution in [0, 0.1) is 5.82 Å². The van der Waals surface area contributed by atoms with Gasteiger partial charge in [0.2, 0.25) is 0 Å². The molecule has 0 amide bonds. The summed E-state index contributed by atoms with van der Waals surface area (Å²) in [5.74, 6) is -0.280. The minimum absolute atomic E-state index is 0.174. The molecule has 78 valence electrons. The molecule has 0 aliphatic heterocycles. The summed E-state index contributed by atoms with van der Waals surface area (Å²) >= 11 is 0. The number of nitrogens with two attached hydrogens (primary N) is 1. The lowest BCUT2D eigenvalue weighted by atomic mass is 10.2. The van der Waals surface area contributed by atoms with Gasteiger partial charge in [-0.05, 0) is 19.1 Å². The largest absolute Gasteiger partial charge is 0.323 e. The van der Waals surface area contributed by atoms with E-state index in [1.165, 1.54) is 6.07 Å². The Labute approximate surface area is 87.4 Å². The van der Waals surface area contributed by atoms with E-state index in [1.807, 2.05) is 6.92 Å². The van der Waals surface area contributed by atoms with Crippen molar-refractivity contribution in [1.29, 1.82) is 0 Å². The minimum Gasteiger partial charge on any atom is -0.323 e. The summed E-state index contributed by atoms with van der Waals surface area (Å²) in [7, 11) is 0. The molecule has 0 fully saturated rings. The van der Waals surface area contributed by atoms with E-state index in [4.69, 9.17) is 5.73 Å². The SMILES string of the molecule is C[C@H](N)c1cncn1-c1ccccc1F. The van der Waals surface area contributed by atoms with Gasteiger partial charge in [-0.1, -0.05) is 12.1 Å². The highest BCUT2D eigenvalue weighted by molar-refractivity contribution is 5.35. The van der Waals surface area contributed by atoms with E-state index < -0.39 is 0 Å². The number of benzene rings is 1. The molecule has 2 aromatic rings. The van der Waals surface area contributed by atoms with Crippen molar-refractivity contribution in [3.63, 3.8) is 0 Å². The molecule has 1 aromatic carbocycles. The van der Waals surface area contributed by atoms with Crippen LogP contribution in [0.3, 0.4) is 0 Å². The summed E-state index contributed by atoms with van der Waals surface area (Å²) in [5, 5.41) is 0. The number of imidazole rings is 1. The lowest BCUT2D eigenvalue weighted by Crippen LogP contribution is -2.11. The van der Waals surface area contributed by atoms with Gasteiger partial charge in [0.05, 0.1) is 23.9 Å². The minimum atomic E-state index is -0.280. The highest BCUT2D eigenvalue weighted by Gasteiger charge is 2.10. The normalized spacial score (nSPS) is 12.7. The van der Waals surface area contributed by atoms with Crippen LogP contribution in [-0.4, -0.2) is 9.55 Å². The lowest BCUT2D eigenvalue weighted by molar-refractivity contribution is 0.612. The summed E-state index contributed by atoms with van der Waals surface area (Å²) in [6, 6.07) is 6.38. The first-order valence-electron chi connectivity index (χ1n) is 4.73. The zero-order valence-electron chi connectivity index (χ0n) is 8.39. The summed E-state index contributed by atoms with van der Waals surface area (Å²) in [4.78, 5) is 3.98. The molecule has 2 N–H and O–H groups in total. The molecule has 0 saturated heterocycles.